The fraction of sp³-hybridized carbons (Fsp3) is 0.0417. The zero-order chi connectivity index (χ0) is 23.2. The van der Waals surface area contributed by atoms with E-state index in [1.165, 1.54) is 29.1 Å². The zero-order valence-electron chi connectivity index (χ0n) is 17.5. The van der Waals surface area contributed by atoms with Crippen LogP contribution in [0.2, 0.25) is 0 Å². The first kappa shape index (κ1) is 20.7. The van der Waals surface area contributed by atoms with Crippen LogP contribution in [-0.4, -0.2) is 34.4 Å². The molecule has 5 aromatic rings. The van der Waals surface area contributed by atoms with Gasteiger partial charge in [-0.3, -0.25) is 0 Å². The number of aromatic nitrogens is 3. The molecule has 3 aromatic carbocycles. The predicted octanol–water partition coefficient (Wildman–Crippen LogP) is 3.90. The van der Waals surface area contributed by atoms with Crippen LogP contribution in [0.5, 0.6) is 5.75 Å². The van der Waals surface area contributed by atoms with Gasteiger partial charge in [-0.2, -0.15) is 9.78 Å². The molecule has 2 heterocycles. The van der Waals surface area contributed by atoms with Crippen molar-refractivity contribution >= 4 is 44.1 Å². The number of sulfone groups is 1. The lowest BCUT2D eigenvalue weighted by Crippen LogP contribution is -2.06. The van der Waals surface area contributed by atoms with Crippen molar-refractivity contribution in [2.45, 2.75) is 16.7 Å². The minimum atomic E-state index is -4.01. The average Bonchev–Trinajstić information content (AvgIpc) is 3.07. The Labute approximate surface area is 189 Å². The van der Waals surface area contributed by atoms with Gasteiger partial charge in [0.2, 0.25) is 9.84 Å². The van der Waals surface area contributed by atoms with Gasteiger partial charge in [-0.15, -0.1) is 0 Å². The molecule has 0 saturated carbocycles. The van der Waals surface area contributed by atoms with Crippen LogP contribution in [0.25, 0.3) is 22.2 Å². The van der Waals surface area contributed by atoms with E-state index >= 15 is 0 Å². The number of phenolic OH excluding ortho intramolecular Hbond substituents is 1. The molecule has 5 rings (SSSR count). The number of nitrogens with two attached hydrogens (primary N) is 1. The monoisotopic (exact) mass is 457 g/mol. The van der Waals surface area contributed by atoms with Crippen LogP contribution in [-0.2, 0) is 9.84 Å². The number of rotatable bonds is 4. The number of phenols is 1. The van der Waals surface area contributed by atoms with Crippen molar-refractivity contribution in [3.63, 3.8) is 0 Å². The topological polar surface area (TPSA) is 123 Å². The molecule has 0 spiro atoms. The quantitative estimate of drug-likeness (QED) is 0.395. The van der Waals surface area contributed by atoms with Crippen molar-refractivity contribution in [2.24, 2.45) is 5.10 Å². The van der Waals surface area contributed by atoms with Gasteiger partial charge >= 0.3 is 0 Å². The number of nitrogen functional groups attached to an aromatic ring is 1. The smallest absolute Gasteiger partial charge is 0.212 e. The predicted molar refractivity (Wildman–Crippen MR) is 127 cm³/mol. The third-order valence-corrected chi connectivity index (χ3v) is 7.05. The zero-order valence-corrected chi connectivity index (χ0v) is 18.4. The average molecular weight is 458 g/mol. The third-order valence-electron chi connectivity index (χ3n) is 5.22. The van der Waals surface area contributed by atoms with Crippen molar-refractivity contribution in [3.05, 3.63) is 83.9 Å². The summed E-state index contributed by atoms with van der Waals surface area (Å²) in [5, 5.41) is 14.1. The minimum Gasteiger partial charge on any atom is -0.508 e. The van der Waals surface area contributed by atoms with Crippen LogP contribution >= 0.6 is 0 Å². The van der Waals surface area contributed by atoms with E-state index in [2.05, 4.69) is 15.1 Å². The van der Waals surface area contributed by atoms with Gasteiger partial charge in [0.1, 0.15) is 22.0 Å². The molecule has 33 heavy (non-hydrogen) atoms. The van der Waals surface area contributed by atoms with Gasteiger partial charge in [-0.1, -0.05) is 42.0 Å². The fourth-order valence-corrected chi connectivity index (χ4v) is 5.05. The molecule has 8 nitrogen and oxygen atoms in total. The van der Waals surface area contributed by atoms with E-state index in [-0.39, 0.29) is 32.5 Å². The summed E-state index contributed by atoms with van der Waals surface area (Å²) in [6.45, 7) is 1.88. The highest BCUT2D eigenvalue weighted by molar-refractivity contribution is 7.92. The Kier molecular flexibility index (Phi) is 4.83. The maximum Gasteiger partial charge on any atom is 0.212 e. The van der Waals surface area contributed by atoms with Crippen LogP contribution in [0.1, 0.15) is 11.1 Å². The largest absolute Gasteiger partial charge is 0.508 e. The van der Waals surface area contributed by atoms with Crippen molar-refractivity contribution in [1.29, 1.82) is 0 Å². The number of nitrogens with zero attached hydrogens (tertiary/aromatic N) is 4. The summed E-state index contributed by atoms with van der Waals surface area (Å²) in [6.07, 6.45) is 1.47. The summed E-state index contributed by atoms with van der Waals surface area (Å²) in [4.78, 5) is 9.14. The molecular weight excluding hydrogens is 438 g/mol. The molecule has 9 heteroatoms. The van der Waals surface area contributed by atoms with E-state index in [1.54, 1.807) is 48.5 Å². The van der Waals surface area contributed by atoms with Gasteiger partial charge in [0.25, 0.3) is 0 Å². The number of para-hydroxylation sites is 2. The van der Waals surface area contributed by atoms with Crippen LogP contribution in [0.3, 0.4) is 0 Å². The molecule has 3 N–H and O–H groups in total. The maximum absolute atomic E-state index is 13.6. The van der Waals surface area contributed by atoms with Crippen LogP contribution < -0.4 is 5.73 Å². The lowest BCUT2D eigenvalue weighted by molar-refractivity contribution is 0.475. The van der Waals surface area contributed by atoms with E-state index in [1.807, 2.05) is 13.0 Å². The summed E-state index contributed by atoms with van der Waals surface area (Å²) in [5.41, 5.74) is 9.38. The van der Waals surface area contributed by atoms with Gasteiger partial charge in [0.05, 0.1) is 22.1 Å². The van der Waals surface area contributed by atoms with E-state index in [0.717, 1.165) is 5.56 Å². The second-order valence-electron chi connectivity index (χ2n) is 7.57. The first-order valence-electron chi connectivity index (χ1n) is 10.1. The molecule has 164 valence electrons. The third kappa shape index (κ3) is 3.58. The van der Waals surface area contributed by atoms with Crippen molar-refractivity contribution in [2.75, 3.05) is 5.73 Å². The Morgan fingerprint density at radius 3 is 2.36 bits per heavy atom. The van der Waals surface area contributed by atoms with Crippen LogP contribution in [0.4, 0.5) is 5.82 Å². The van der Waals surface area contributed by atoms with Crippen LogP contribution in [0, 0.1) is 6.92 Å². The lowest BCUT2D eigenvalue weighted by Gasteiger charge is -2.05. The molecule has 0 aliphatic rings. The summed E-state index contributed by atoms with van der Waals surface area (Å²) in [5.74, 6) is -0.0185. The standard InChI is InChI=1S/C24H19N5O3S/c1-15-9-11-18(12-10-15)33(31,32)22-21-24(28-20-8-3-2-7-19(20)27-21)29(23(22)25)26-14-16-5-4-6-17(30)13-16/h2-14,30H,25H2,1H3/b26-14-. The first-order valence-corrected chi connectivity index (χ1v) is 11.5. The van der Waals surface area contributed by atoms with Gasteiger partial charge < -0.3 is 10.8 Å². The number of hydrogen-bond acceptors (Lipinski definition) is 7. The molecular formula is C24H19N5O3S. The Bertz CT molecular complexity index is 1660. The number of hydrogen-bond donors (Lipinski definition) is 2. The summed E-state index contributed by atoms with van der Waals surface area (Å²) < 4.78 is 28.5. The molecule has 0 radical (unpaired) electrons. The van der Waals surface area contributed by atoms with Gasteiger partial charge in [0.15, 0.2) is 5.65 Å². The molecule has 0 saturated heterocycles. The van der Waals surface area contributed by atoms with E-state index in [9.17, 15) is 13.5 Å². The number of aryl methyl sites for hydroxylation is 1. The molecule has 0 bridgehead atoms. The Morgan fingerprint density at radius 1 is 0.970 bits per heavy atom. The molecule has 2 aromatic heterocycles. The van der Waals surface area contributed by atoms with E-state index in [4.69, 9.17) is 5.73 Å². The van der Waals surface area contributed by atoms with E-state index in [0.29, 0.717) is 16.6 Å². The SMILES string of the molecule is Cc1ccc(S(=O)(=O)c2c(N)n(/N=C\c3cccc(O)c3)c3nc4ccccc4nc23)cc1. The Balaban J connectivity index is 1.79. The number of fused-ring (bicyclic) bond motifs is 2. The summed E-state index contributed by atoms with van der Waals surface area (Å²) >= 11 is 0. The highest BCUT2D eigenvalue weighted by Gasteiger charge is 2.30. The second kappa shape index (κ2) is 7.72. The van der Waals surface area contributed by atoms with Crippen molar-refractivity contribution in [1.82, 2.24) is 14.6 Å². The van der Waals surface area contributed by atoms with Gasteiger partial charge in [0, 0.05) is 0 Å². The number of aromatic hydroxyl groups is 1. The fourth-order valence-electron chi connectivity index (χ4n) is 3.57. The van der Waals surface area contributed by atoms with Gasteiger partial charge in [-0.25, -0.2) is 18.4 Å². The Morgan fingerprint density at radius 2 is 1.67 bits per heavy atom. The first-order chi connectivity index (χ1) is 15.8. The molecule has 0 amide bonds. The number of benzene rings is 3. The molecule has 0 atom stereocenters. The highest BCUT2D eigenvalue weighted by Crippen LogP contribution is 2.35. The molecule has 0 fully saturated rings. The minimum absolute atomic E-state index is 0.0812. The van der Waals surface area contributed by atoms with Gasteiger partial charge in [-0.05, 0) is 48.9 Å². The number of anilines is 1. The van der Waals surface area contributed by atoms with E-state index < -0.39 is 9.84 Å². The highest BCUT2D eigenvalue weighted by atomic mass is 32.2. The molecule has 0 aliphatic carbocycles. The normalized spacial score (nSPS) is 12.2. The summed E-state index contributed by atoms with van der Waals surface area (Å²) in [7, 11) is -4.01. The molecule has 0 aliphatic heterocycles. The van der Waals surface area contributed by atoms with Crippen molar-refractivity contribution in [3.8, 4) is 5.75 Å². The lowest BCUT2D eigenvalue weighted by atomic mass is 10.2. The van der Waals surface area contributed by atoms with Crippen LogP contribution in [0.15, 0.2) is 87.7 Å². The summed E-state index contributed by atoms with van der Waals surface area (Å²) in [6, 6.07) is 20.2. The Hall–Kier alpha value is -4.24. The maximum atomic E-state index is 13.6. The second-order valence-corrected chi connectivity index (χ2v) is 9.45. The van der Waals surface area contributed by atoms with Crippen molar-refractivity contribution < 1.29 is 13.5 Å². The molecule has 0 unspecified atom stereocenters.